The lowest BCUT2D eigenvalue weighted by atomic mass is 9.89. The fourth-order valence-electron chi connectivity index (χ4n) is 3.27. The van der Waals surface area contributed by atoms with Crippen molar-refractivity contribution in [2.45, 2.75) is 25.0 Å². The van der Waals surface area contributed by atoms with E-state index >= 15 is 0 Å². The first-order chi connectivity index (χ1) is 11.2. The Hall–Kier alpha value is -1.78. The van der Waals surface area contributed by atoms with Crippen molar-refractivity contribution in [3.63, 3.8) is 0 Å². The molecule has 0 unspecified atom stereocenters. The van der Waals surface area contributed by atoms with Crippen molar-refractivity contribution in [3.8, 4) is 11.5 Å². The zero-order chi connectivity index (χ0) is 15.8. The summed E-state index contributed by atoms with van der Waals surface area (Å²) in [6.07, 6.45) is 1.38. The lowest BCUT2D eigenvalue weighted by Crippen LogP contribution is -2.26. The second kappa shape index (κ2) is 6.02. The number of ether oxygens (including phenoxy) is 2. The van der Waals surface area contributed by atoms with Gasteiger partial charge in [0.05, 0.1) is 5.56 Å². The van der Waals surface area contributed by atoms with Gasteiger partial charge in [-0.3, -0.25) is 0 Å². The number of rotatable bonds is 2. The predicted molar refractivity (Wildman–Crippen MR) is 86.7 cm³/mol. The first-order valence-electron chi connectivity index (χ1n) is 7.84. The average Bonchev–Trinajstić information content (AvgIpc) is 2.99. The second-order valence-corrected chi connectivity index (χ2v) is 6.37. The van der Waals surface area contributed by atoms with Crippen LogP contribution in [0.5, 0.6) is 11.5 Å². The summed E-state index contributed by atoms with van der Waals surface area (Å²) in [7, 11) is 0. The second-order valence-electron chi connectivity index (χ2n) is 5.93. The molecule has 120 valence electrons. The molecule has 0 radical (unpaired) electrons. The lowest BCUT2D eigenvalue weighted by Gasteiger charge is -2.24. The van der Waals surface area contributed by atoms with Crippen LogP contribution >= 0.6 is 11.6 Å². The maximum Gasteiger partial charge on any atom is 0.270 e. The smallest absolute Gasteiger partial charge is 0.270 e. The molecule has 0 aliphatic carbocycles. The van der Waals surface area contributed by atoms with Crippen LogP contribution in [0.2, 0.25) is 5.02 Å². The quantitative estimate of drug-likeness (QED) is 0.882. The van der Waals surface area contributed by atoms with Gasteiger partial charge in [0.25, 0.3) is 6.29 Å². The summed E-state index contributed by atoms with van der Waals surface area (Å²) in [4.78, 5) is 0. The average molecular weight is 334 g/mol. The van der Waals surface area contributed by atoms with E-state index in [4.69, 9.17) is 21.1 Å². The summed E-state index contributed by atoms with van der Waals surface area (Å²) in [5, 5.41) is 3.72. The molecule has 1 atom stereocenters. The van der Waals surface area contributed by atoms with E-state index in [-0.39, 0.29) is 0 Å². The van der Waals surface area contributed by atoms with Gasteiger partial charge < -0.3 is 14.8 Å². The first kappa shape index (κ1) is 14.8. The molecular weight excluding hydrogens is 317 g/mol. The molecule has 2 aliphatic heterocycles. The van der Waals surface area contributed by atoms with Gasteiger partial charge in [-0.2, -0.15) is 0 Å². The van der Waals surface area contributed by atoms with E-state index < -0.39 is 12.1 Å². The van der Waals surface area contributed by atoms with Gasteiger partial charge in [0.15, 0.2) is 11.5 Å². The minimum Gasteiger partial charge on any atom is -0.447 e. The van der Waals surface area contributed by atoms with Crippen LogP contribution in [0.25, 0.3) is 0 Å². The Kier molecular flexibility index (Phi) is 3.87. The maximum absolute atomic E-state index is 14.1. The van der Waals surface area contributed by atoms with Crippen molar-refractivity contribution in [2.24, 2.45) is 0 Å². The van der Waals surface area contributed by atoms with Gasteiger partial charge in [0.1, 0.15) is 5.82 Å². The van der Waals surface area contributed by atoms with Gasteiger partial charge in [-0.05, 0) is 56.1 Å². The molecule has 0 spiro atoms. The standard InChI is InChI=1S/C18H17ClFNO2/c19-12-4-5-14(15(20)10-12)18-22-16-3-1-2-13(17(16)23-18)11-6-8-21-9-7-11/h1-5,10-11,18,21H,6-9H2/t18-/m0/s1. The molecule has 1 N–H and O–H groups in total. The number of nitrogens with one attached hydrogen (secondary N) is 1. The van der Waals surface area contributed by atoms with E-state index in [1.54, 1.807) is 12.1 Å². The lowest BCUT2D eigenvalue weighted by molar-refractivity contribution is 0.0447. The zero-order valence-electron chi connectivity index (χ0n) is 12.5. The molecule has 4 rings (SSSR count). The van der Waals surface area contributed by atoms with Gasteiger partial charge >= 0.3 is 0 Å². The summed E-state index contributed by atoms with van der Waals surface area (Å²) in [6.45, 7) is 2.01. The predicted octanol–water partition coefficient (Wildman–Crippen LogP) is 4.42. The van der Waals surface area contributed by atoms with Crippen LogP contribution < -0.4 is 14.8 Å². The highest BCUT2D eigenvalue weighted by atomic mass is 35.5. The third kappa shape index (κ3) is 2.77. The minimum atomic E-state index is -0.759. The van der Waals surface area contributed by atoms with Crippen molar-refractivity contribution < 1.29 is 13.9 Å². The highest BCUT2D eigenvalue weighted by Crippen LogP contribution is 2.47. The van der Waals surface area contributed by atoms with Crippen LogP contribution in [0.4, 0.5) is 4.39 Å². The molecule has 0 amide bonds. The summed E-state index contributed by atoms with van der Waals surface area (Å²) in [5.41, 5.74) is 1.52. The molecule has 3 nitrogen and oxygen atoms in total. The number of hydrogen-bond donors (Lipinski definition) is 1. The molecular formula is C18H17ClFNO2. The van der Waals surface area contributed by atoms with Gasteiger partial charge in [-0.25, -0.2) is 4.39 Å². The van der Waals surface area contributed by atoms with Crippen LogP contribution in [0.15, 0.2) is 36.4 Å². The highest BCUT2D eigenvalue weighted by molar-refractivity contribution is 6.30. The maximum atomic E-state index is 14.1. The van der Waals surface area contributed by atoms with Crippen LogP contribution in [0, 0.1) is 5.82 Å². The van der Waals surface area contributed by atoms with Crippen LogP contribution in [0.1, 0.15) is 36.2 Å². The van der Waals surface area contributed by atoms with Crippen molar-refractivity contribution in [1.82, 2.24) is 5.32 Å². The largest absolute Gasteiger partial charge is 0.447 e. The molecule has 0 aromatic heterocycles. The molecule has 2 aromatic carbocycles. The Morgan fingerprint density at radius 3 is 2.65 bits per heavy atom. The van der Waals surface area contributed by atoms with Gasteiger partial charge in [-0.1, -0.05) is 23.7 Å². The molecule has 1 fully saturated rings. The molecule has 1 saturated heterocycles. The highest BCUT2D eigenvalue weighted by Gasteiger charge is 2.32. The number of benzene rings is 2. The van der Waals surface area contributed by atoms with Gasteiger partial charge in [0.2, 0.25) is 0 Å². The summed E-state index contributed by atoms with van der Waals surface area (Å²) in [5.74, 6) is 1.46. The molecule has 2 aliphatic rings. The number of para-hydroxylation sites is 1. The fourth-order valence-corrected chi connectivity index (χ4v) is 3.43. The van der Waals surface area contributed by atoms with Crippen molar-refractivity contribution in [1.29, 1.82) is 0 Å². The monoisotopic (exact) mass is 333 g/mol. The molecule has 2 aromatic rings. The van der Waals surface area contributed by atoms with E-state index in [0.29, 0.717) is 22.3 Å². The Labute approximate surface area is 139 Å². The number of hydrogen-bond acceptors (Lipinski definition) is 3. The first-order valence-corrected chi connectivity index (χ1v) is 8.22. The van der Waals surface area contributed by atoms with Crippen LogP contribution in [0.3, 0.4) is 0 Å². The Morgan fingerprint density at radius 1 is 1.04 bits per heavy atom. The van der Waals surface area contributed by atoms with Gasteiger partial charge in [-0.15, -0.1) is 0 Å². The van der Waals surface area contributed by atoms with Crippen molar-refractivity contribution in [2.75, 3.05) is 13.1 Å². The topological polar surface area (TPSA) is 30.5 Å². The molecule has 23 heavy (non-hydrogen) atoms. The van der Waals surface area contributed by atoms with E-state index in [9.17, 15) is 4.39 Å². The van der Waals surface area contributed by atoms with E-state index in [1.807, 2.05) is 12.1 Å². The fraction of sp³-hybridized carbons (Fsp3) is 0.333. The van der Waals surface area contributed by atoms with Crippen molar-refractivity contribution in [3.05, 3.63) is 58.4 Å². The van der Waals surface area contributed by atoms with E-state index in [0.717, 1.165) is 37.2 Å². The third-order valence-corrected chi connectivity index (χ3v) is 4.70. The Morgan fingerprint density at radius 2 is 1.87 bits per heavy atom. The Balaban J connectivity index is 1.64. The van der Waals surface area contributed by atoms with Crippen LogP contribution in [-0.4, -0.2) is 13.1 Å². The molecule has 0 saturated carbocycles. The number of halogens is 2. The SMILES string of the molecule is Fc1cc(Cl)ccc1[C@H]1Oc2cccc(C3CCNCC3)c2O1. The van der Waals surface area contributed by atoms with Crippen molar-refractivity contribution >= 4 is 11.6 Å². The number of fused-ring (bicyclic) bond motifs is 1. The minimum absolute atomic E-state index is 0.358. The number of piperidine rings is 1. The normalized spacial score (nSPS) is 20.7. The summed E-state index contributed by atoms with van der Waals surface area (Å²) >= 11 is 5.81. The molecule has 5 heteroatoms. The van der Waals surface area contributed by atoms with E-state index in [1.165, 1.54) is 6.07 Å². The third-order valence-electron chi connectivity index (χ3n) is 4.46. The van der Waals surface area contributed by atoms with Gasteiger partial charge in [0, 0.05) is 10.6 Å². The molecule has 2 heterocycles. The van der Waals surface area contributed by atoms with Crippen LogP contribution in [-0.2, 0) is 0 Å². The zero-order valence-corrected chi connectivity index (χ0v) is 13.3. The Bertz CT molecular complexity index is 731. The molecule has 0 bridgehead atoms. The summed E-state index contributed by atoms with van der Waals surface area (Å²) in [6, 6.07) is 10.5. The summed E-state index contributed by atoms with van der Waals surface area (Å²) < 4.78 is 25.9. The van der Waals surface area contributed by atoms with E-state index in [2.05, 4.69) is 11.4 Å².